The molecule has 2 amide bonds. The lowest BCUT2D eigenvalue weighted by Gasteiger charge is -2.20. The number of amides is 2. The highest BCUT2D eigenvalue weighted by Crippen LogP contribution is 2.34. The second-order valence-corrected chi connectivity index (χ2v) is 9.38. The maximum absolute atomic E-state index is 13.9. The highest BCUT2D eigenvalue weighted by atomic mass is 127. The quantitative estimate of drug-likeness (QED) is 0.196. The predicted molar refractivity (Wildman–Crippen MR) is 145 cm³/mol. The van der Waals surface area contributed by atoms with Gasteiger partial charge in [-0.05, 0) is 63.9 Å². The number of carbonyl (C=O) groups excluding carboxylic acids is 2. The SMILES string of the molecule is COc1cc(C=NNC(=O)C(NC(=O)c2ccccc2F)C(C)C)cc(I)c1OCc1ccccc1. The summed E-state index contributed by atoms with van der Waals surface area (Å²) in [7, 11) is 1.55. The van der Waals surface area contributed by atoms with Crippen molar-refractivity contribution < 1.29 is 23.5 Å². The highest BCUT2D eigenvalue weighted by molar-refractivity contribution is 14.1. The Morgan fingerprint density at radius 2 is 1.78 bits per heavy atom. The largest absolute Gasteiger partial charge is 0.493 e. The number of hydrogen-bond acceptors (Lipinski definition) is 5. The highest BCUT2D eigenvalue weighted by Gasteiger charge is 2.25. The minimum Gasteiger partial charge on any atom is -0.493 e. The van der Waals surface area contributed by atoms with E-state index in [4.69, 9.17) is 9.47 Å². The van der Waals surface area contributed by atoms with Gasteiger partial charge in [0.2, 0.25) is 0 Å². The molecule has 0 spiro atoms. The van der Waals surface area contributed by atoms with Crippen molar-refractivity contribution in [3.8, 4) is 11.5 Å². The Balaban J connectivity index is 1.66. The molecule has 0 fully saturated rings. The summed E-state index contributed by atoms with van der Waals surface area (Å²) in [4.78, 5) is 25.2. The topological polar surface area (TPSA) is 89.0 Å². The van der Waals surface area contributed by atoms with Crippen LogP contribution in [0.4, 0.5) is 4.39 Å². The number of ether oxygens (including phenoxy) is 2. The van der Waals surface area contributed by atoms with Crippen molar-refractivity contribution in [1.29, 1.82) is 0 Å². The number of carbonyl (C=O) groups is 2. The van der Waals surface area contributed by atoms with E-state index in [0.29, 0.717) is 23.7 Å². The van der Waals surface area contributed by atoms with Gasteiger partial charge in [-0.2, -0.15) is 5.10 Å². The van der Waals surface area contributed by atoms with Gasteiger partial charge in [0.15, 0.2) is 11.5 Å². The smallest absolute Gasteiger partial charge is 0.262 e. The van der Waals surface area contributed by atoms with Crippen molar-refractivity contribution >= 4 is 40.6 Å². The molecule has 2 N–H and O–H groups in total. The van der Waals surface area contributed by atoms with Crippen LogP contribution in [0.3, 0.4) is 0 Å². The predicted octanol–water partition coefficient (Wildman–Crippen LogP) is 4.92. The molecule has 1 atom stereocenters. The van der Waals surface area contributed by atoms with Crippen LogP contribution in [0.15, 0.2) is 71.8 Å². The van der Waals surface area contributed by atoms with Crippen LogP contribution in [0.2, 0.25) is 0 Å². The van der Waals surface area contributed by atoms with Gasteiger partial charge in [-0.25, -0.2) is 9.82 Å². The monoisotopic (exact) mass is 603 g/mol. The van der Waals surface area contributed by atoms with Gasteiger partial charge in [-0.3, -0.25) is 9.59 Å². The number of benzene rings is 3. The summed E-state index contributed by atoms with van der Waals surface area (Å²) >= 11 is 2.15. The van der Waals surface area contributed by atoms with Crippen LogP contribution in [-0.2, 0) is 11.4 Å². The number of hydrogen-bond donors (Lipinski definition) is 2. The summed E-state index contributed by atoms with van der Waals surface area (Å²) in [6.45, 7) is 3.94. The third-order valence-corrected chi connectivity index (χ3v) is 6.02. The Morgan fingerprint density at radius 1 is 1.08 bits per heavy atom. The molecule has 3 rings (SSSR count). The number of rotatable bonds is 10. The van der Waals surface area contributed by atoms with Gasteiger partial charge in [0, 0.05) is 0 Å². The van der Waals surface area contributed by atoms with E-state index in [1.54, 1.807) is 33.1 Å². The fraction of sp³-hybridized carbons (Fsp3) is 0.222. The van der Waals surface area contributed by atoms with Crippen LogP contribution >= 0.6 is 22.6 Å². The average molecular weight is 603 g/mol. The van der Waals surface area contributed by atoms with Gasteiger partial charge in [-0.1, -0.05) is 56.3 Å². The molecule has 9 heteroatoms. The Hall–Kier alpha value is -3.47. The van der Waals surface area contributed by atoms with Gasteiger partial charge in [-0.15, -0.1) is 0 Å². The molecule has 7 nitrogen and oxygen atoms in total. The van der Waals surface area contributed by atoms with Crippen molar-refractivity contribution in [2.24, 2.45) is 11.0 Å². The van der Waals surface area contributed by atoms with E-state index in [2.05, 4.69) is 38.4 Å². The molecular formula is C27H27FIN3O4. The van der Waals surface area contributed by atoms with E-state index in [1.165, 1.54) is 24.4 Å². The van der Waals surface area contributed by atoms with Gasteiger partial charge in [0.1, 0.15) is 18.5 Å². The standard InChI is InChI=1S/C27H27FIN3O4/c1-17(2)24(31-26(33)20-11-7-8-12-21(20)28)27(34)32-30-15-19-13-22(29)25(23(14-19)35-3)36-16-18-9-5-4-6-10-18/h4-15,17,24H,16H2,1-3H3,(H,31,33)(H,32,34). The van der Waals surface area contributed by atoms with Gasteiger partial charge >= 0.3 is 0 Å². The third-order valence-electron chi connectivity index (χ3n) is 5.22. The zero-order valence-corrected chi connectivity index (χ0v) is 22.3. The zero-order chi connectivity index (χ0) is 26.1. The van der Waals surface area contributed by atoms with Crippen molar-refractivity contribution in [2.45, 2.75) is 26.5 Å². The van der Waals surface area contributed by atoms with E-state index in [0.717, 1.165) is 9.13 Å². The first-order valence-electron chi connectivity index (χ1n) is 11.2. The summed E-state index contributed by atoms with van der Waals surface area (Å²) in [5.74, 6) is -0.956. The zero-order valence-electron chi connectivity index (χ0n) is 20.1. The van der Waals surface area contributed by atoms with E-state index in [-0.39, 0.29) is 11.5 Å². The van der Waals surface area contributed by atoms with Crippen molar-refractivity contribution in [3.63, 3.8) is 0 Å². The van der Waals surface area contributed by atoms with Crippen LogP contribution in [-0.4, -0.2) is 31.2 Å². The number of nitrogens with zero attached hydrogens (tertiary/aromatic N) is 1. The van der Waals surface area contributed by atoms with Crippen molar-refractivity contribution in [1.82, 2.24) is 10.7 Å². The van der Waals surface area contributed by atoms with E-state index >= 15 is 0 Å². The molecule has 1 unspecified atom stereocenters. The maximum Gasteiger partial charge on any atom is 0.262 e. The Labute approximate surface area is 223 Å². The fourth-order valence-corrected chi connectivity index (χ4v) is 4.10. The first-order valence-corrected chi connectivity index (χ1v) is 12.3. The molecule has 0 saturated carbocycles. The minimum absolute atomic E-state index is 0.129. The van der Waals surface area contributed by atoms with E-state index < -0.39 is 23.7 Å². The number of halogens is 2. The molecule has 0 aliphatic heterocycles. The molecule has 188 valence electrons. The summed E-state index contributed by atoms with van der Waals surface area (Å²) in [6.07, 6.45) is 1.47. The normalized spacial score (nSPS) is 11.8. The van der Waals surface area contributed by atoms with Crippen molar-refractivity contribution in [2.75, 3.05) is 7.11 Å². The molecule has 36 heavy (non-hydrogen) atoms. The molecule has 0 heterocycles. The molecule has 0 saturated heterocycles. The first kappa shape index (κ1) is 27.1. The summed E-state index contributed by atoms with van der Waals surface area (Å²) < 4.78 is 26.2. The lowest BCUT2D eigenvalue weighted by Crippen LogP contribution is -2.48. The second-order valence-electron chi connectivity index (χ2n) is 8.22. The molecule has 3 aromatic rings. The lowest BCUT2D eigenvalue weighted by molar-refractivity contribution is -0.123. The Kier molecular flexibility index (Phi) is 9.80. The lowest BCUT2D eigenvalue weighted by atomic mass is 10.0. The van der Waals surface area contributed by atoms with Crippen LogP contribution in [0, 0.1) is 15.3 Å². The molecule has 0 radical (unpaired) electrons. The molecule has 0 aliphatic carbocycles. The fourth-order valence-electron chi connectivity index (χ4n) is 3.32. The molecule has 3 aromatic carbocycles. The number of nitrogens with one attached hydrogen (secondary N) is 2. The number of methoxy groups -OCH3 is 1. The Morgan fingerprint density at radius 3 is 2.44 bits per heavy atom. The van der Waals surface area contributed by atoms with Crippen molar-refractivity contribution in [3.05, 3.63) is 92.8 Å². The van der Waals surface area contributed by atoms with Crippen LogP contribution in [0.1, 0.15) is 35.3 Å². The third kappa shape index (κ3) is 7.27. The molecular weight excluding hydrogens is 576 g/mol. The summed E-state index contributed by atoms with van der Waals surface area (Å²) in [5.41, 5.74) is 4.03. The minimum atomic E-state index is -0.905. The van der Waals surface area contributed by atoms with E-state index in [9.17, 15) is 14.0 Å². The Bertz CT molecular complexity index is 1230. The van der Waals surface area contributed by atoms with Gasteiger partial charge in [0.25, 0.3) is 11.8 Å². The van der Waals surface area contributed by atoms with Gasteiger partial charge in [0.05, 0.1) is 22.5 Å². The second kappa shape index (κ2) is 13.0. The molecule has 0 bridgehead atoms. The maximum atomic E-state index is 13.9. The van der Waals surface area contributed by atoms with Crippen LogP contribution in [0.25, 0.3) is 0 Å². The number of hydrazone groups is 1. The van der Waals surface area contributed by atoms with Crippen LogP contribution in [0.5, 0.6) is 11.5 Å². The van der Waals surface area contributed by atoms with Gasteiger partial charge < -0.3 is 14.8 Å². The molecule has 0 aromatic heterocycles. The van der Waals surface area contributed by atoms with Crippen LogP contribution < -0.4 is 20.2 Å². The summed E-state index contributed by atoms with van der Waals surface area (Å²) in [5, 5.41) is 6.61. The summed E-state index contributed by atoms with van der Waals surface area (Å²) in [6, 6.07) is 18.1. The average Bonchev–Trinajstić information content (AvgIpc) is 2.86. The van der Waals surface area contributed by atoms with E-state index in [1.807, 2.05) is 36.4 Å². The first-order chi connectivity index (χ1) is 17.3. The molecule has 0 aliphatic rings.